The van der Waals surface area contributed by atoms with Crippen molar-refractivity contribution in [2.45, 2.75) is 13.8 Å². The van der Waals surface area contributed by atoms with Crippen LogP contribution in [0.2, 0.25) is 0 Å². The third kappa shape index (κ3) is 2.34. The van der Waals surface area contributed by atoms with Crippen LogP contribution in [0.5, 0.6) is 0 Å². The van der Waals surface area contributed by atoms with Crippen molar-refractivity contribution in [2.75, 3.05) is 5.32 Å². The van der Waals surface area contributed by atoms with Crippen LogP contribution in [0.3, 0.4) is 0 Å². The molecule has 0 radical (unpaired) electrons. The highest BCUT2D eigenvalue weighted by Gasteiger charge is 2.08. The van der Waals surface area contributed by atoms with Crippen molar-refractivity contribution in [3.05, 3.63) is 71.3 Å². The summed E-state index contributed by atoms with van der Waals surface area (Å²) in [4.78, 5) is 0. The summed E-state index contributed by atoms with van der Waals surface area (Å²) in [6, 6.07) is 20.4. The molecule has 1 N–H and O–H groups in total. The highest BCUT2D eigenvalue weighted by molar-refractivity contribution is 5.99. The fraction of sp³-hybridized carbons (Fsp3) is 0.105. The van der Waals surface area contributed by atoms with Crippen LogP contribution in [0, 0.1) is 25.2 Å². The van der Waals surface area contributed by atoms with E-state index in [1.54, 1.807) is 0 Å². The molecule has 0 unspecified atom stereocenters. The average Bonchev–Trinajstić information content (AvgIpc) is 2.51. The molecule has 0 spiro atoms. The summed E-state index contributed by atoms with van der Waals surface area (Å²) in [6.45, 7) is 4.20. The van der Waals surface area contributed by atoms with Crippen LogP contribution in [0.4, 0.5) is 11.4 Å². The lowest BCUT2D eigenvalue weighted by Gasteiger charge is -2.15. The van der Waals surface area contributed by atoms with Crippen molar-refractivity contribution in [3.63, 3.8) is 0 Å². The fourth-order valence-corrected chi connectivity index (χ4v) is 2.65. The second kappa shape index (κ2) is 5.30. The summed E-state index contributed by atoms with van der Waals surface area (Å²) in [5.41, 5.74) is 5.29. The monoisotopic (exact) mass is 272 g/mol. The summed E-state index contributed by atoms with van der Waals surface area (Å²) in [5.74, 6) is 0. The Morgan fingerprint density at radius 3 is 2.14 bits per heavy atom. The van der Waals surface area contributed by atoms with Gasteiger partial charge in [0.1, 0.15) is 0 Å². The Kier molecular flexibility index (Phi) is 3.33. The van der Waals surface area contributed by atoms with Crippen molar-refractivity contribution in [1.82, 2.24) is 0 Å². The van der Waals surface area contributed by atoms with Gasteiger partial charge >= 0.3 is 0 Å². The van der Waals surface area contributed by atoms with Gasteiger partial charge in [0, 0.05) is 22.1 Å². The molecule has 0 aliphatic carbocycles. The Morgan fingerprint density at radius 1 is 0.810 bits per heavy atom. The van der Waals surface area contributed by atoms with Crippen molar-refractivity contribution < 1.29 is 0 Å². The molecule has 0 aliphatic heterocycles. The van der Waals surface area contributed by atoms with Crippen LogP contribution in [0.15, 0.2) is 54.6 Å². The third-order valence-electron chi connectivity index (χ3n) is 3.79. The molecule has 0 atom stereocenters. The topological polar surface area (TPSA) is 35.8 Å². The second-order valence-corrected chi connectivity index (χ2v) is 5.21. The number of fused-ring (bicyclic) bond motifs is 1. The van der Waals surface area contributed by atoms with E-state index in [9.17, 15) is 5.26 Å². The zero-order valence-electron chi connectivity index (χ0n) is 12.1. The van der Waals surface area contributed by atoms with Gasteiger partial charge in [-0.05, 0) is 37.1 Å². The molecule has 0 aromatic heterocycles. The number of hydrogen-bond donors (Lipinski definition) is 1. The van der Waals surface area contributed by atoms with Crippen molar-refractivity contribution in [3.8, 4) is 6.07 Å². The lowest BCUT2D eigenvalue weighted by Crippen LogP contribution is -1.97. The molecule has 0 saturated carbocycles. The van der Waals surface area contributed by atoms with E-state index in [0.29, 0.717) is 5.56 Å². The summed E-state index contributed by atoms with van der Waals surface area (Å²) in [6.07, 6.45) is 0. The van der Waals surface area contributed by atoms with Gasteiger partial charge in [-0.15, -0.1) is 0 Å². The van der Waals surface area contributed by atoms with Gasteiger partial charge in [-0.3, -0.25) is 0 Å². The van der Waals surface area contributed by atoms with Gasteiger partial charge in [-0.25, -0.2) is 0 Å². The second-order valence-electron chi connectivity index (χ2n) is 5.21. The maximum atomic E-state index is 9.23. The first-order valence-corrected chi connectivity index (χ1v) is 6.96. The molecule has 2 nitrogen and oxygen atoms in total. The lowest BCUT2D eigenvalue weighted by atomic mass is 10.0. The average molecular weight is 272 g/mol. The van der Waals surface area contributed by atoms with Gasteiger partial charge in [0.2, 0.25) is 0 Å². The normalized spacial score (nSPS) is 10.3. The van der Waals surface area contributed by atoms with Crippen LogP contribution in [0.25, 0.3) is 10.8 Å². The number of anilines is 2. The van der Waals surface area contributed by atoms with E-state index in [2.05, 4.69) is 43.4 Å². The highest BCUT2D eigenvalue weighted by atomic mass is 14.9. The van der Waals surface area contributed by atoms with E-state index in [1.165, 1.54) is 11.1 Å². The van der Waals surface area contributed by atoms with E-state index in [1.807, 2.05) is 36.4 Å². The molecule has 0 fully saturated rings. The fourth-order valence-electron chi connectivity index (χ4n) is 2.65. The highest BCUT2D eigenvalue weighted by Crippen LogP contribution is 2.31. The molecule has 102 valence electrons. The van der Waals surface area contributed by atoms with E-state index in [0.717, 1.165) is 22.1 Å². The largest absolute Gasteiger partial charge is 0.355 e. The Hall–Kier alpha value is -2.79. The summed E-state index contributed by atoms with van der Waals surface area (Å²) in [7, 11) is 0. The number of nitriles is 1. The minimum Gasteiger partial charge on any atom is -0.355 e. The zero-order valence-corrected chi connectivity index (χ0v) is 12.1. The Morgan fingerprint density at radius 2 is 1.48 bits per heavy atom. The predicted molar refractivity (Wildman–Crippen MR) is 87.9 cm³/mol. The summed E-state index contributed by atoms with van der Waals surface area (Å²) in [5, 5.41) is 14.8. The van der Waals surface area contributed by atoms with E-state index in [-0.39, 0.29) is 0 Å². The Balaban J connectivity index is 2.17. The molecule has 0 heterocycles. The number of para-hydroxylation sites is 1. The number of aryl methyl sites for hydroxylation is 2. The molecule has 0 saturated heterocycles. The minimum absolute atomic E-state index is 0.706. The predicted octanol–water partition coefficient (Wildman–Crippen LogP) is 5.07. The van der Waals surface area contributed by atoms with E-state index in [4.69, 9.17) is 0 Å². The van der Waals surface area contributed by atoms with Crippen molar-refractivity contribution in [1.29, 1.82) is 5.26 Å². The molecule has 0 amide bonds. The van der Waals surface area contributed by atoms with Crippen LogP contribution < -0.4 is 5.32 Å². The SMILES string of the molecule is Cc1cccc(C)c1Nc1ccc(C#N)c2ccccc12. The van der Waals surface area contributed by atoms with Gasteiger partial charge in [0.15, 0.2) is 0 Å². The van der Waals surface area contributed by atoms with E-state index < -0.39 is 0 Å². The molecule has 3 rings (SSSR count). The van der Waals surface area contributed by atoms with Crippen LogP contribution in [-0.2, 0) is 0 Å². The molecular formula is C19H16N2. The Labute approximate surface area is 124 Å². The molecular weight excluding hydrogens is 256 g/mol. The third-order valence-corrected chi connectivity index (χ3v) is 3.79. The quantitative estimate of drug-likeness (QED) is 0.706. The van der Waals surface area contributed by atoms with Crippen LogP contribution in [0.1, 0.15) is 16.7 Å². The van der Waals surface area contributed by atoms with Crippen molar-refractivity contribution in [2.24, 2.45) is 0 Å². The maximum absolute atomic E-state index is 9.23. The summed E-state index contributed by atoms with van der Waals surface area (Å²) < 4.78 is 0. The number of hydrogen-bond acceptors (Lipinski definition) is 2. The van der Waals surface area contributed by atoms with Gasteiger partial charge in [0.25, 0.3) is 0 Å². The molecule has 0 bridgehead atoms. The molecule has 3 aromatic carbocycles. The number of nitrogens with zero attached hydrogens (tertiary/aromatic N) is 1. The Bertz CT molecular complexity index is 837. The molecule has 0 aliphatic rings. The number of rotatable bonds is 2. The lowest BCUT2D eigenvalue weighted by molar-refractivity contribution is 1.36. The van der Waals surface area contributed by atoms with Crippen LogP contribution in [-0.4, -0.2) is 0 Å². The van der Waals surface area contributed by atoms with Gasteiger partial charge in [-0.1, -0.05) is 42.5 Å². The molecule has 3 aromatic rings. The number of benzene rings is 3. The van der Waals surface area contributed by atoms with Gasteiger partial charge < -0.3 is 5.32 Å². The first kappa shape index (κ1) is 13.2. The van der Waals surface area contributed by atoms with Gasteiger partial charge in [-0.2, -0.15) is 5.26 Å². The van der Waals surface area contributed by atoms with E-state index >= 15 is 0 Å². The summed E-state index contributed by atoms with van der Waals surface area (Å²) >= 11 is 0. The standard InChI is InChI=1S/C19H16N2/c1-13-6-5-7-14(2)19(13)21-18-11-10-15(12-20)16-8-3-4-9-17(16)18/h3-11,21H,1-2H3. The molecule has 21 heavy (non-hydrogen) atoms. The number of nitrogens with one attached hydrogen (secondary N) is 1. The minimum atomic E-state index is 0.706. The first-order chi connectivity index (χ1) is 10.2. The van der Waals surface area contributed by atoms with Crippen LogP contribution >= 0.6 is 0 Å². The zero-order chi connectivity index (χ0) is 14.8. The van der Waals surface area contributed by atoms with Crippen molar-refractivity contribution >= 4 is 22.1 Å². The smallest absolute Gasteiger partial charge is 0.0998 e. The maximum Gasteiger partial charge on any atom is 0.0998 e. The molecule has 2 heteroatoms. The van der Waals surface area contributed by atoms with Gasteiger partial charge in [0.05, 0.1) is 11.6 Å². The first-order valence-electron chi connectivity index (χ1n) is 6.96.